The molecular formula is C14H18O4. The number of carbonyl (C=O) groups excluding carboxylic acids is 1. The van der Waals surface area contributed by atoms with Crippen LogP contribution in [0.3, 0.4) is 0 Å². The average Bonchev–Trinajstić information content (AvgIpc) is 3.24. The van der Waals surface area contributed by atoms with Crippen LogP contribution in [-0.4, -0.2) is 41.4 Å². The highest BCUT2D eigenvalue weighted by Crippen LogP contribution is 2.70. The Morgan fingerprint density at radius 2 is 1.83 bits per heavy atom. The van der Waals surface area contributed by atoms with E-state index >= 15 is 0 Å². The van der Waals surface area contributed by atoms with Crippen LogP contribution in [0.1, 0.15) is 39.0 Å². The van der Waals surface area contributed by atoms with Crippen LogP contribution in [-0.2, 0) is 19.0 Å². The number of hydrogen-bond donors (Lipinski definition) is 0. The van der Waals surface area contributed by atoms with Crippen LogP contribution in [0.15, 0.2) is 0 Å². The average molecular weight is 250 g/mol. The molecule has 0 bridgehead atoms. The van der Waals surface area contributed by atoms with Crippen molar-refractivity contribution < 1.29 is 19.0 Å². The lowest BCUT2D eigenvalue weighted by molar-refractivity contribution is -0.134. The third-order valence-electron chi connectivity index (χ3n) is 5.99. The summed E-state index contributed by atoms with van der Waals surface area (Å²) in [5, 5.41) is 0. The Balaban J connectivity index is 1.55. The number of carbonyl (C=O) groups is 1. The Bertz CT molecular complexity index is 451. The van der Waals surface area contributed by atoms with Crippen molar-refractivity contribution in [2.75, 3.05) is 6.61 Å². The molecule has 0 unspecified atom stereocenters. The van der Waals surface area contributed by atoms with Gasteiger partial charge >= 0.3 is 0 Å². The molecule has 0 aromatic heterocycles. The van der Waals surface area contributed by atoms with Gasteiger partial charge in [-0.15, -0.1) is 0 Å². The molecular weight excluding hydrogens is 232 g/mol. The number of fused-ring (bicyclic) bond motifs is 4. The Labute approximate surface area is 106 Å². The van der Waals surface area contributed by atoms with Gasteiger partial charge in [0.2, 0.25) is 5.78 Å². The quantitative estimate of drug-likeness (QED) is 0.656. The molecule has 4 nitrogen and oxygen atoms in total. The summed E-state index contributed by atoms with van der Waals surface area (Å²) in [6, 6.07) is 0. The molecule has 5 fully saturated rings. The number of epoxide rings is 3. The van der Waals surface area contributed by atoms with Gasteiger partial charge in [-0.25, -0.2) is 0 Å². The van der Waals surface area contributed by atoms with E-state index in [9.17, 15) is 4.79 Å². The topological polar surface area (TPSA) is 54.7 Å². The summed E-state index contributed by atoms with van der Waals surface area (Å²) in [4.78, 5) is 12.9. The first kappa shape index (κ1) is 10.4. The molecule has 5 rings (SSSR count). The highest BCUT2D eigenvalue weighted by molar-refractivity contribution is 6.03. The first-order valence-corrected chi connectivity index (χ1v) is 7.20. The van der Waals surface area contributed by atoms with Gasteiger partial charge in [-0.1, -0.05) is 19.3 Å². The van der Waals surface area contributed by atoms with Gasteiger partial charge in [0.1, 0.15) is 17.8 Å². The zero-order chi connectivity index (χ0) is 12.2. The zero-order valence-electron chi connectivity index (χ0n) is 10.6. The molecule has 18 heavy (non-hydrogen) atoms. The van der Waals surface area contributed by atoms with Gasteiger partial charge in [0.05, 0.1) is 6.61 Å². The van der Waals surface area contributed by atoms with Gasteiger partial charge in [0.25, 0.3) is 0 Å². The molecule has 0 radical (unpaired) electrons. The lowest BCUT2D eigenvalue weighted by atomic mass is 9.66. The molecule has 3 heterocycles. The minimum Gasteiger partial charge on any atom is -0.360 e. The summed E-state index contributed by atoms with van der Waals surface area (Å²) in [6.45, 7) is 2.54. The smallest absolute Gasteiger partial charge is 0.204 e. The van der Waals surface area contributed by atoms with Crippen molar-refractivity contribution in [3.8, 4) is 0 Å². The SMILES string of the molecule is C[C@@]12O[C@@H]1[C@H]1O[C@@]1(C1CCCCC1)C(=O)[C@]21CO1. The van der Waals surface area contributed by atoms with E-state index in [-0.39, 0.29) is 23.6 Å². The molecule has 0 aromatic rings. The van der Waals surface area contributed by atoms with E-state index < -0.39 is 11.2 Å². The van der Waals surface area contributed by atoms with Gasteiger partial charge < -0.3 is 14.2 Å². The third kappa shape index (κ3) is 0.869. The number of hydrogen-bond acceptors (Lipinski definition) is 4. The Morgan fingerprint density at radius 1 is 1.11 bits per heavy atom. The number of Topliss-reactive ketones (excluding diaryl/α,β-unsaturated/α-hetero) is 1. The molecule has 2 aliphatic carbocycles. The fourth-order valence-electron chi connectivity index (χ4n) is 4.63. The standard InChI is InChI=1S/C14H18O4/c1-12-9(17-12)10-14(18-10,8-5-3-2-4-6-8)11(15)13(12)7-16-13/h8-10H,2-7H2,1H3/t9-,10-,12-,13-,14-/m1/s1. The largest absolute Gasteiger partial charge is 0.360 e. The predicted molar refractivity (Wildman–Crippen MR) is 61.1 cm³/mol. The van der Waals surface area contributed by atoms with Crippen LogP contribution >= 0.6 is 0 Å². The maximum Gasteiger partial charge on any atom is 0.204 e. The lowest BCUT2D eigenvalue weighted by Crippen LogP contribution is -2.56. The van der Waals surface area contributed by atoms with Crippen LogP contribution in [0.2, 0.25) is 0 Å². The Hall–Kier alpha value is -0.450. The van der Waals surface area contributed by atoms with Crippen molar-refractivity contribution in [3.05, 3.63) is 0 Å². The minimum absolute atomic E-state index is 0.0212. The second-order valence-electron chi connectivity index (χ2n) is 6.76. The maximum atomic E-state index is 12.9. The molecule has 3 saturated heterocycles. The fourth-order valence-corrected chi connectivity index (χ4v) is 4.63. The van der Waals surface area contributed by atoms with Crippen LogP contribution in [0.25, 0.3) is 0 Å². The highest BCUT2D eigenvalue weighted by atomic mass is 16.7. The first-order valence-electron chi connectivity index (χ1n) is 7.20. The molecule has 3 aliphatic heterocycles. The summed E-state index contributed by atoms with van der Waals surface area (Å²) in [5.41, 5.74) is -1.57. The van der Waals surface area contributed by atoms with Gasteiger partial charge in [-0.2, -0.15) is 0 Å². The number of ether oxygens (including phenoxy) is 3. The van der Waals surface area contributed by atoms with E-state index in [2.05, 4.69) is 0 Å². The number of ketones is 1. The lowest BCUT2D eigenvalue weighted by Gasteiger charge is -2.32. The number of rotatable bonds is 1. The molecule has 2 saturated carbocycles. The van der Waals surface area contributed by atoms with Crippen LogP contribution in [0.5, 0.6) is 0 Å². The van der Waals surface area contributed by atoms with Crippen molar-refractivity contribution >= 4 is 5.78 Å². The van der Waals surface area contributed by atoms with E-state index in [1.807, 2.05) is 6.92 Å². The van der Waals surface area contributed by atoms with Crippen molar-refractivity contribution in [1.82, 2.24) is 0 Å². The molecule has 5 aliphatic rings. The molecule has 1 spiro atoms. The summed E-state index contributed by atoms with van der Waals surface area (Å²) in [7, 11) is 0. The van der Waals surface area contributed by atoms with Crippen molar-refractivity contribution in [3.63, 3.8) is 0 Å². The molecule has 4 heteroatoms. The second kappa shape index (κ2) is 2.69. The fraction of sp³-hybridized carbons (Fsp3) is 0.929. The van der Waals surface area contributed by atoms with Crippen molar-refractivity contribution in [1.29, 1.82) is 0 Å². The Morgan fingerprint density at radius 3 is 2.50 bits per heavy atom. The predicted octanol–water partition coefficient (Wildman–Crippen LogP) is 1.21. The van der Waals surface area contributed by atoms with Crippen molar-refractivity contribution in [2.24, 2.45) is 5.92 Å². The van der Waals surface area contributed by atoms with Crippen LogP contribution < -0.4 is 0 Å². The van der Waals surface area contributed by atoms with E-state index in [4.69, 9.17) is 14.2 Å². The molecule has 0 N–H and O–H groups in total. The first-order chi connectivity index (χ1) is 8.65. The minimum atomic E-state index is -0.651. The normalized spacial score (nSPS) is 61.3. The summed E-state index contributed by atoms with van der Waals surface area (Å²) >= 11 is 0. The van der Waals surface area contributed by atoms with Crippen molar-refractivity contribution in [2.45, 2.75) is 68.0 Å². The maximum absolute atomic E-state index is 12.9. The molecule has 0 aromatic carbocycles. The highest BCUT2D eigenvalue weighted by Gasteiger charge is 2.92. The van der Waals surface area contributed by atoms with E-state index in [1.165, 1.54) is 19.3 Å². The van der Waals surface area contributed by atoms with E-state index in [1.54, 1.807) is 0 Å². The molecule has 0 amide bonds. The van der Waals surface area contributed by atoms with Gasteiger partial charge in [-0.3, -0.25) is 4.79 Å². The van der Waals surface area contributed by atoms with Crippen LogP contribution in [0.4, 0.5) is 0 Å². The molecule has 98 valence electrons. The van der Waals surface area contributed by atoms with Crippen LogP contribution in [0, 0.1) is 5.92 Å². The summed E-state index contributed by atoms with van der Waals surface area (Å²) in [6.07, 6.45) is 6.13. The zero-order valence-corrected chi connectivity index (χ0v) is 10.6. The van der Waals surface area contributed by atoms with E-state index in [0.29, 0.717) is 12.5 Å². The van der Waals surface area contributed by atoms with Gasteiger partial charge in [0, 0.05) is 0 Å². The monoisotopic (exact) mass is 250 g/mol. The summed E-state index contributed by atoms with van der Waals surface area (Å²) in [5.74, 6) is 0.599. The van der Waals surface area contributed by atoms with Gasteiger partial charge in [-0.05, 0) is 25.7 Å². The Kier molecular flexibility index (Phi) is 1.55. The molecule has 5 atom stereocenters. The summed E-state index contributed by atoms with van der Waals surface area (Å²) < 4.78 is 17.3. The van der Waals surface area contributed by atoms with E-state index in [0.717, 1.165) is 12.8 Å². The second-order valence-corrected chi connectivity index (χ2v) is 6.76. The van der Waals surface area contributed by atoms with Gasteiger partial charge in [0.15, 0.2) is 11.2 Å². The third-order valence-corrected chi connectivity index (χ3v) is 5.99.